The number of nitrogens with one attached hydrogen (secondary N) is 1. The fourth-order valence-corrected chi connectivity index (χ4v) is 2.23. The maximum Gasteiger partial charge on any atom is 0.310 e. The summed E-state index contributed by atoms with van der Waals surface area (Å²) in [6, 6.07) is 5.90. The molecule has 1 aliphatic carbocycles. The molecule has 0 heterocycles. The summed E-state index contributed by atoms with van der Waals surface area (Å²) >= 11 is 0. The first-order valence-electron chi connectivity index (χ1n) is 7.13. The van der Waals surface area contributed by atoms with Crippen LogP contribution in [0, 0.1) is 5.41 Å². The Hall–Kier alpha value is -2.04. The lowest BCUT2D eigenvalue weighted by Crippen LogP contribution is -2.40. The van der Waals surface area contributed by atoms with E-state index >= 15 is 0 Å². The number of carbonyl (C=O) groups excluding carboxylic acids is 1. The molecule has 5 heteroatoms. The van der Waals surface area contributed by atoms with E-state index in [2.05, 4.69) is 5.32 Å². The topological polar surface area (TPSA) is 75.6 Å². The Morgan fingerprint density at radius 1 is 1.29 bits per heavy atom. The van der Waals surface area contributed by atoms with Crippen molar-refractivity contribution in [3.8, 4) is 5.75 Å². The molecule has 2 rings (SSSR count). The van der Waals surface area contributed by atoms with Gasteiger partial charge >= 0.3 is 5.97 Å². The van der Waals surface area contributed by atoms with E-state index in [1.165, 1.54) is 17.5 Å². The highest BCUT2D eigenvalue weighted by atomic mass is 16.5. The van der Waals surface area contributed by atoms with Gasteiger partial charge in [-0.3, -0.25) is 9.59 Å². The summed E-state index contributed by atoms with van der Waals surface area (Å²) < 4.78 is 5.46. The first-order chi connectivity index (χ1) is 9.88. The van der Waals surface area contributed by atoms with Crippen LogP contribution < -0.4 is 10.1 Å². The van der Waals surface area contributed by atoms with E-state index in [-0.39, 0.29) is 19.1 Å². The number of carboxylic acid groups (broad SMARTS) is 1. The lowest BCUT2D eigenvalue weighted by Gasteiger charge is -2.19. The number of carbonyl (C=O) groups is 2. The average molecular weight is 291 g/mol. The zero-order valence-electron chi connectivity index (χ0n) is 12.4. The molecular weight excluding hydrogens is 270 g/mol. The number of benzene rings is 1. The predicted octanol–water partition coefficient (Wildman–Crippen LogP) is 1.78. The summed E-state index contributed by atoms with van der Waals surface area (Å²) in [5, 5.41) is 11.6. The van der Waals surface area contributed by atoms with Crippen molar-refractivity contribution in [3.05, 3.63) is 29.3 Å². The lowest BCUT2D eigenvalue weighted by molar-refractivity contribution is -0.146. The Morgan fingerprint density at radius 3 is 2.71 bits per heavy atom. The minimum absolute atomic E-state index is 0.0781. The van der Waals surface area contributed by atoms with Crippen molar-refractivity contribution in [2.75, 3.05) is 13.2 Å². The molecule has 0 bridgehead atoms. The smallest absolute Gasteiger partial charge is 0.310 e. The minimum Gasteiger partial charge on any atom is -0.484 e. The maximum absolute atomic E-state index is 11.7. The summed E-state index contributed by atoms with van der Waals surface area (Å²) in [5.74, 6) is -0.574. The summed E-state index contributed by atoms with van der Waals surface area (Å²) in [7, 11) is 0. The monoisotopic (exact) mass is 291 g/mol. The molecule has 1 aliphatic rings. The number of rotatable bonds is 6. The van der Waals surface area contributed by atoms with Crippen LogP contribution in [0.15, 0.2) is 18.2 Å². The van der Waals surface area contributed by atoms with E-state index in [0.29, 0.717) is 5.75 Å². The largest absolute Gasteiger partial charge is 0.484 e. The van der Waals surface area contributed by atoms with Crippen molar-refractivity contribution < 1.29 is 19.4 Å². The molecule has 0 atom stereocenters. The molecule has 0 saturated heterocycles. The summed E-state index contributed by atoms with van der Waals surface area (Å²) in [5.41, 5.74) is 1.67. The Balaban J connectivity index is 1.80. The molecule has 0 aliphatic heterocycles. The zero-order chi connectivity index (χ0) is 15.5. The number of hydrogen-bond acceptors (Lipinski definition) is 3. The van der Waals surface area contributed by atoms with Gasteiger partial charge in [0.15, 0.2) is 6.61 Å². The Morgan fingerprint density at radius 2 is 2.00 bits per heavy atom. The molecule has 1 amide bonds. The summed E-state index contributed by atoms with van der Waals surface area (Å²) in [6.45, 7) is 3.11. The van der Waals surface area contributed by atoms with Crippen LogP contribution in [0.1, 0.15) is 31.4 Å². The van der Waals surface area contributed by atoms with Crippen molar-refractivity contribution >= 4 is 11.9 Å². The molecule has 0 fully saturated rings. The van der Waals surface area contributed by atoms with Crippen LogP contribution in [0.5, 0.6) is 5.75 Å². The standard InChI is InChI=1S/C16H21NO4/c1-16(2,15(19)20)10-17-14(18)9-21-13-7-6-11-4-3-5-12(11)8-13/h6-8H,3-5,9-10H2,1-2H3,(H,17,18)(H,19,20). The molecule has 5 nitrogen and oxygen atoms in total. The second-order valence-corrected chi connectivity index (χ2v) is 6.04. The molecule has 0 radical (unpaired) electrons. The normalized spacial score (nSPS) is 13.6. The van der Waals surface area contributed by atoms with E-state index in [4.69, 9.17) is 9.84 Å². The molecule has 1 aromatic rings. The van der Waals surface area contributed by atoms with E-state index in [9.17, 15) is 9.59 Å². The molecule has 21 heavy (non-hydrogen) atoms. The minimum atomic E-state index is -0.983. The average Bonchev–Trinajstić information content (AvgIpc) is 2.90. The third-order valence-corrected chi connectivity index (χ3v) is 3.75. The van der Waals surface area contributed by atoms with Gasteiger partial charge in [-0.2, -0.15) is 0 Å². The molecule has 0 aromatic heterocycles. The van der Waals surface area contributed by atoms with E-state index in [1.807, 2.05) is 18.2 Å². The van der Waals surface area contributed by atoms with E-state index in [1.54, 1.807) is 13.8 Å². The third-order valence-electron chi connectivity index (χ3n) is 3.75. The van der Waals surface area contributed by atoms with Gasteiger partial charge in [0.25, 0.3) is 5.91 Å². The van der Waals surface area contributed by atoms with Crippen LogP contribution >= 0.6 is 0 Å². The van der Waals surface area contributed by atoms with Gasteiger partial charge in [-0.1, -0.05) is 6.07 Å². The van der Waals surface area contributed by atoms with E-state index < -0.39 is 11.4 Å². The number of ether oxygens (including phenoxy) is 1. The molecular formula is C16H21NO4. The van der Waals surface area contributed by atoms with Gasteiger partial charge in [0.2, 0.25) is 0 Å². The number of carboxylic acids is 1. The van der Waals surface area contributed by atoms with Crippen molar-refractivity contribution in [2.45, 2.75) is 33.1 Å². The van der Waals surface area contributed by atoms with Crippen LogP contribution in [0.2, 0.25) is 0 Å². The number of fused-ring (bicyclic) bond motifs is 1. The fourth-order valence-electron chi connectivity index (χ4n) is 2.23. The summed E-state index contributed by atoms with van der Waals surface area (Å²) in [6.07, 6.45) is 3.34. The molecule has 0 saturated carbocycles. The van der Waals surface area contributed by atoms with Gasteiger partial charge in [-0.25, -0.2) is 0 Å². The zero-order valence-corrected chi connectivity index (χ0v) is 12.4. The van der Waals surface area contributed by atoms with Crippen LogP contribution in [0.4, 0.5) is 0 Å². The molecule has 1 aromatic carbocycles. The van der Waals surface area contributed by atoms with Crippen molar-refractivity contribution in [1.29, 1.82) is 0 Å². The first kappa shape index (κ1) is 15.4. The number of hydrogen-bond donors (Lipinski definition) is 2. The maximum atomic E-state index is 11.7. The van der Waals surface area contributed by atoms with Gasteiger partial charge in [-0.15, -0.1) is 0 Å². The third kappa shape index (κ3) is 3.97. The second-order valence-electron chi connectivity index (χ2n) is 6.04. The highest BCUT2D eigenvalue weighted by Crippen LogP contribution is 2.25. The molecule has 114 valence electrons. The highest BCUT2D eigenvalue weighted by molar-refractivity contribution is 5.79. The number of aliphatic carboxylic acids is 1. The quantitative estimate of drug-likeness (QED) is 0.837. The van der Waals surface area contributed by atoms with Crippen LogP contribution in [-0.4, -0.2) is 30.1 Å². The number of aryl methyl sites for hydroxylation is 2. The van der Waals surface area contributed by atoms with Gasteiger partial charge in [0.1, 0.15) is 5.75 Å². The molecule has 0 unspecified atom stereocenters. The van der Waals surface area contributed by atoms with Crippen molar-refractivity contribution in [1.82, 2.24) is 5.32 Å². The number of amides is 1. The highest BCUT2D eigenvalue weighted by Gasteiger charge is 2.27. The van der Waals surface area contributed by atoms with Crippen molar-refractivity contribution in [2.24, 2.45) is 5.41 Å². The van der Waals surface area contributed by atoms with Crippen LogP contribution in [0.25, 0.3) is 0 Å². The Kier molecular flexibility index (Phi) is 4.50. The Labute approximate surface area is 124 Å². The second kappa shape index (κ2) is 6.16. The summed E-state index contributed by atoms with van der Waals surface area (Å²) in [4.78, 5) is 22.6. The van der Waals surface area contributed by atoms with Gasteiger partial charge in [0, 0.05) is 6.54 Å². The molecule has 2 N–H and O–H groups in total. The van der Waals surface area contributed by atoms with Crippen molar-refractivity contribution in [3.63, 3.8) is 0 Å². The SMILES string of the molecule is CC(C)(CNC(=O)COc1ccc2c(c1)CCC2)C(=O)O. The van der Waals surface area contributed by atoms with Gasteiger partial charge < -0.3 is 15.2 Å². The lowest BCUT2D eigenvalue weighted by atomic mass is 9.94. The Bertz CT molecular complexity index is 551. The fraction of sp³-hybridized carbons (Fsp3) is 0.500. The van der Waals surface area contributed by atoms with Gasteiger partial charge in [0.05, 0.1) is 5.41 Å². The molecule has 0 spiro atoms. The first-order valence-corrected chi connectivity index (χ1v) is 7.13. The van der Waals surface area contributed by atoms with Gasteiger partial charge in [-0.05, 0) is 56.4 Å². The van der Waals surface area contributed by atoms with E-state index in [0.717, 1.165) is 12.8 Å². The van der Waals surface area contributed by atoms with Crippen LogP contribution in [-0.2, 0) is 22.4 Å². The predicted molar refractivity (Wildman–Crippen MR) is 78.4 cm³/mol. The van der Waals surface area contributed by atoms with Crippen LogP contribution in [0.3, 0.4) is 0 Å².